The maximum absolute atomic E-state index is 12.1. The first-order chi connectivity index (χ1) is 6.73. The van der Waals surface area contributed by atoms with E-state index in [2.05, 4.69) is 5.14 Å². The van der Waals surface area contributed by atoms with E-state index < -0.39 is 38.3 Å². The van der Waals surface area contributed by atoms with E-state index in [1.165, 1.54) is 4.98 Å². The van der Waals surface area contributed by atoms with Gasteiger partial charge in [0.05, 0.1) is 0 Å². The van der Waals surface area contributed by atoms with E-state index in [1.54, 1.807) is 0 Å². The molecule has 0 unspecified atom stereocenters. The highest BCUT2D eigenvalue weighted by molar-refractivity contribution is 7.89. The fourth-order valence-electron chi connectivity index (χ4n) is 0.893. The first-order valence-electron chi connectivity index (χ1n) is 3.50. The minimum Gasteiger partial charge on any atom is -0.506 e. The van der Waals surface area contributed by atoms with Crippen LogP contribution in [-0.4, -0.2) is 18.5 Å². The standard InChI is InChI=1S/C6H6F2N2O4S/c7-5(8)4-2(11)1-3(6(12)10-4)15(9,13)14/h1,5,11H,(H,10,12)(H2,9,13,14). The van der Waals surface area contributed by atoms with Crippen LogP contribution < -0.4 is 10.7 Å². The number of aromatic nitrogens is 1. The van der Waals surface area contributed by atoms with E-state index in [4.69, 9.17) is 5.11 Å². The van der Waals surface area contributed by atoms with Gasteiger partial charge in [-0.3, -0.25) is 4.79 Å². The predicted octanol–water partition coefficient (Wildman–Crippen LogP) is -0.334. The van der Waals surface area contributed by atoms with Crippen LogP contribution in [0.2, 0.25) is 0 Å². The van der Waals surface area contributed by atoms with Gasteiger partial charge in [0.15, 0.2) is 4.90 Å². The summed E-state index contributed by atoms with van der Waals surface area (Å²) in [4.78, 5) is 11.6. The number of alkyl halides is 2. The van der Waals surface area contributed by atoms with Gasteiger partial charge in [0.1, 0.15) is 11.4 Å². The monoisotopic (exact) mass is 240 g/mol. The molecule has 0 amide bonds. The maximum atomic E-state index is 12.1. The van der Waals surface area contributed by atoms with Crippen molar-refractivity contribution in [1.29, 1.82) is 0 Å². The molecular weight excluding hydrogens is 234 g/mol. The number of primary sulfonamides is 1. The molecule has 1 aromatic heterocycles. The second-order valence-corrected chi connectivity index (χ2v) is 4.14. The summed E-state index contributed by atoms with van der Waals surface area (Å²) < 4.78 is 45.7. The van der Waals surface area contributed by atoms with Gasteiger partial charge in [0.25, 0.3) is 12.0 Å². The van der Waals surface area contributed by atoms with Crippen LogP contribution in [0.4, 0.5) is 8.78 Å². The Balaban J connectivity index is 3.53. The van der Waals surface area contributed by atoms with Gasteiger partial charge in [-0.25, -0.2) is 22.3 Å². The molecule has 1 aromatic rings. The van der Waals surface area contributed by atoms with Gasteiger partial charge in [-0.1, -0.05) is 0 Å². The summed E-state index contributed by atoms with van der Waals surface area (Å²) in [7, 11) is -4.35. The van der Waals surface area contributed by atoms with Crippen molar-refractivity contribution in [1.82, 2.24) is 4.98 Å². The summed E-state index contributed by atoms with van der Waals surface area (Å²) in [6.07, 6.45) is -3.12. The molecule has 15 heavy (non-hydrogen) atoms. The molecule has 1 heterocycles. The van der Waals surface area contributed by atoms with Crippen molar-refractivity contribution < 1.29 is 22.3 Å². The Labute approximate surface area is 82.4 Å². The third kappa shape index (κ3) is 2.30. The van der Waals surface area contributed by atoms with E-state index in [-0.39, 0.29) is 0 Å². The number of nitrogens with one attached hydrogen (secondary N) is 1. The molecule has 0 saturated carbocycles. The molecule has 0 fully saturated rings. The van der Waals surface area contributed by atoms with E-state index >= 15 is 0 Å². The predicted molar refractivity (Wildman–Crippen MR) is 45.1 cm³/mol. The second-order valence-electron chi connectivity index (χ2n) is 2.61. The van der Waals surface area contributed by atoms with Crippen LogP contribution in [0.25, 0.3) is 0 Å². The summed E-state index contributed by atoms with van der Waals surface area (Å²) in [6.45, 7) is 0. The van der Waals surface area contributed by atoms with Crippen molar-refractivity contribution >= 4 is 10.0 Å². The summed E-state index contributed by atoms with van der Waals surface area (Å²) in [5.41, 5.74) is -2.35. The summed E-state index contributed by atoms with van der Waals surface area (Å²) in [5, 5.41) is 13.6. The van der Waals surface area contributed by atoms with Gasteiger partial charge < -0.3 is 10.1 Å². The molecule has 0 aliphatic rings. The van der Waals surface area contributed by atoms with Gasteiger partial charge in [-0.05, 0) is 0 Å². The first kappa shape index (κ1) is 11.6. The molecule has 0 aliphatic carbocycles. The molecule has 0 atom stereocenters. The van der Waals surface area contributed by atoms with Gasteiger partial charge in [-0.15, -0.1) is 0 Å². The summed E-state index contributed by atoms with van der Waals surface area (Å²) in [6, 6.07) is 0.385. The quantitative estimate of drug-likeness (QED) is 0.656. The molecule has 0 spiro atoms. The highest BCUT2D eigenvalue weighted by Crippen LogP contribution is 2.25. The zero-order chi connectivity index (χ0) is 11.8. The van der Waals surface area contributed by atoms with E-state index in [9.17, 15) is 22.0 Å². The lowest BCUT2D eigenvalue weighted by molar-refractivity contribution is 0.141. The van der Waals surface area contributed by atoms with Gasteiger partial charge in [0.2, 0.25) is 10.0 Å². The average Bonchev–Trinajstić information content (AvgIpc) is 2.06. The number of hydrogen-bond acceptors (Lipinski definition) is 4. The number of rotatable bonds is 2. The average molecular weight is 240 g/mol. The maximum Gasteiger partial charge on any atom is 0.281 e. The lowest BCUT2D eigenvalue weighted by Crippen LogP contribution is -2.24. The highest BCUT2D eigenvalue weighted by Gasteiger charge is 2.20. The Morgan fingerprint density at radius 1 is 1.47 bits per heavy atom. The van der Waals surface area contributed by atoms with Crippen molar-refractivity contribution in [2.75, 3.05) is 0 Å². The van der Waals surface area contributed by atoms with Gasteiger partial charge in [0, 0.05) is 6.07 Å². The first-order valence-corrected chi connectivity index (χ1v) is 5.05. The Morgan fingerprint density at radius 3 is 2.40 bits per heavy atom. The Morgan fingerprint density at radius 2 is 2.00 bits per heavy atom. The molecule has 0 saturated heterocycles. The molecule has 0 aliphatic heterocycles. The van der Waals surface area contributed by atoms with Crippen LogP contribution in [-0.2, 0) is 10.0 Å². The number of hydrogen-bond donors (Lipinski definition) is 3. The van der Waals surface area contributed by atoms with Crippen LogP contribution in [0.1, 0.15) is 12.1 Å². The Kier molecular flexibility index (Phi) is 2.77. The summed E-state index contributed by atoms with van der Waals surface area (Å²) >= 11 is 0. The number of pyridine rings is 1. The van der Waals surface area contributed by atoms with Crippen molar-refractivity contribution in [3.63, 3.8) is 0 Å². The zero-order valence-corrected chi connectivity index (χ0v) is 7.88. The number of nitrogens with two attached hydrogens (primary N) is 1. The normalized spacial score (nSPS) is 12.0. The number of aromatic hydroxyl groups is 1. The molecule has 4 N–H and O–H groups in total. The van der Waals surface area contributed by atoms with Crippen LogP contribution in [0.3, 0.4) is 0 Å². The zero-order valence-electron chi connectivity index (χ0n) is 7.07. The molecule has 0 bridgehead atoms. The van der Waals surface area contributed by atoms with Crippen LogP contribution in [0.15, 0.2) is 15.8 Å². The van der Waals surface area contributed by atoms with Crippen molar-refractivity contribution in [2.24, 2.45) is 5.14 Å². The molecule has 9 heteroatoms. The molecule has 0 aromatic carbocycles. The smallest absolute Gasteiger partial charge is 0.281 e. The topological polar surface area (TPSA) is 113 Å². The van der Waals surface area contributed by atoms with Crippen molar-refractivity contribution in [3.8, 4) is 5.75 Å². The molecule has 1 rings (SSSR count). The van der Waals surface area contributed by atoms with Crippen LogP contribution in [0.5, 0.6) is 5.75 Å². The molecule has 6 nitrogen and oxygen atoms in total. The Hall–Kier alpha value is -1.48. The van der Waals surface area contributed by atoms with Crippen LogP contribution in [0, 0.1) is 0 Å². The van der Waals surface area contributed by atoms with Crippen molar-refractivity contribution in [2.45, 2.75) is 11.3 Å². The third-order valence-electron chi connectivity index (χ3n) is 1.54. The number of sulfonamides is 1. The van der Waals surface area contributed by atoms with Gasteiger partial charge in [-0.2, -0.15) is 0 Å². The lowest BCUT2D eigenvalue weighted by Gasteiger charge is -2.04. The lowest BCUT2D eigenvalue weighted by atomic mass is 10.3. The van der Waals surface area contributed by atoms with E-state index in [1.807, 2.05) is 0 Å². The number of halogens is 2. The molecule has 84 valence electrons. The fraction of sp³-hybridized carbons (Fsp3) is 0.167. The SMILES string of the molecule is NS(=O)(=O)c1cc(O)c(C(F)F)[nH]c1=O. The molecule has 0 radical (unpaired) electrons. The number of H-pyrrole nitrogens is 1. The van der Waals surface area contributed by atoms with E-state index in [0.717, 1.165) is 0 Å². The van der Waals surface area contributed by atoms with Crippen molar-refractivity contribution in [3.05, 3.63) is 22.1 Å². The minimum absolute atomic E-state index is 0.385. The van der Waals surface area contributed by atoms with Gasteiger partial charge >= 0.3 is 0 Å². The highest BCUT2D eigenvalue weighted by atomic mass is 32.2. The third-order valence-corrected chi connectivity index (χ3v) is 2.46. The fourth-order valence-corrected chi connectivity index (χ4v) is 1.48. The minimum atomic E-state index is -4.35. The second kappa shape index (κ2) is 3.59. The van der Waals surface area contributed by atoms with Crippen LogP contribution >= 0.6 is 0 Å². The van der Waals surface area contributed by atoms with E-state index in [0.29, 0.717) is 6.07 Å². The summed E-state index contributed by atoms with van der Waals surface area (Å²) in [5.74, 6) is -1.03. The Bertz CT molecular complexity index is 537. The largest absolute Gasteiger partial charge is 0.506 e. The number of aromatic amines is 1. The molecular formula is C6H6F2N2O4S.